The van der Waals surface area contributed by atoms with Gasteiger partial charge in [0.2, 0.25) is 5.95 Å². The quantitative estimate of drug-likeness (QED) is 0.737. The Kier molecular flexibility index (Phi) is 4.97. The topological polar surface area (TPSA) is 72.3 Å². The van der Waals surface area contributed by atoms with Gasteiger partial charge in [-0.05, 0) is 30.7 Å². The molecular weight excluding hydrogens is 354 g/mol. The van der Waals surface area contributed by atoms with Gasteiger partial charge in [0.15, 0.2) is 0 Å². The second kappa shape index (κ2) is 7.72. The largest absolute Gasteiger partial charge is 0.497 e. The van der Waals surface area contributed by atoms with Crippen molar-refractivity contribution in [1.29, 1.82) is 0 Å². The summed E-state index contributed by atoms with van der Waals surface area (Å²) in [7, 11) is 3.43. The summed E-state index contributed by atoms with van der Waals surface area (Å²) in [5.74, 6) is 1.52. The highest BCUT2D eigenvalue weighted by atomic mass is 16.5. The van der Waals surface area contributed by atoms with Crippen molar-refractivity contribution < 1.29 is 4.74 Å². The molecule has 0 aliphatic carbocycles. The van der Waals surface area contributed by atoms with E-state index in [-0.39, 0.29) is 11.6 Å². The highest BCUT2D eigenvalue weighted by Gasteiger charge is 2.25. The minimum atomic E-state index is -0.0685. The first kappa shape index (κ1) is 18.0. The summed E-state index contributed by atoms with van der Waals surface area (Å²) < 4.78 is 6.90. The predicted octanol–water partition coefficient (Wildman–Crippen LogP) is 2.54. The summed E-state index contributed by atoms with van der Waals surface area (Å²) in [6, 6.07) is 13.5. The number of hydrogen-bond donors (Lipinski definition) is 1. The number of benzene rings is 1. The van der Waals surface area contributed by atoms with Crippen molar-refractivity contribution in [3.05, 3.63) is 65.2 Å². The molecule has 1 N–H and O–H groups in total. The third-order valence-corrected chi connectivity index (χ3v) is 5.00. The molecule has 2 aromatic heterocycles. The first-order valence-corrected chi connectivity index (χ1v) is 9.28. The van der Waals surface area contributed by atoms with E-state index in [0.717, 1.165) is 36.5 Å². The van der Waals surface area contributed by atoms with Crippen molar-refractivity contribution >= 4 is 11.6 Å². The third-order valence-electron chi connectivity index (χ3n) is 5.00. The van der Waals surface area contributed by atoms with Crippen molar-refractivity contribution in [2.75, 3.05) is 30.4 Å². The lowest BCUT2D eigenvalue weighted by Crippen LogP contribution is -2.32. The molecule has 1 aliphatic heterocycles. The molecule has 0 radical (unpaired) electrons. The molecule has 0 spiro atoms. The number of hydrogen-bond acceptors (Lipinski definition) is 6. The van der Waals surface area contributed by atoms with Crippen LogP contribution in [0.5, 0.6) is 5.75 Å². The Labute approximate surface area is 163 Å². The minimum Gasteiger partial charge on any atom is -0.497 e. The Balaban J connectivity index is 1.55. The average molecular weight is 377 g/mol. The van der Waals surface area contributed by atoms with Crippen LogP contribution in [0.15, 0.2) is 59.7 Å². The average Bonchev–Trinajstić information content (AvgIpc) is 3.19. The molecule has 4 rings (SSSR count). The summed E-state index contributed by atoms with van der Waals surface area (Å²) in [6.07, 6.45) is 4.38. The molecule has 0 unspecified atom stereocenters. The highest BCUT2D eigenvalue weighted by Crippen LogP contribution is 2.24. The smallest absolute Gasteiger partial charge is 0.255 e. The van der Waals surface area contributed by atoms with Crippen LogP contribution in [-0.2, 0) is 7.05 Å². The number of nitrogens with one attached hydrogen (secondary N) is 1. The number of methoxy groups -OCH3 is 1. The number of ether oxygens (including phenoxy) is 1. The summed E-state index contributed by atoms with van der Waals surface area (Å²) in [6.45, 7) is 1.61. The maximum Gasteiger partial charge on any atom is 0.255 e. The van der Waals surface area contributed by atoms with Crippen LogP contribution in [0.3, 0.4) is 0 Å². The van der Waals surface area contributed by atoms with Gasteiger partial charge in [0, 0.05) is 62.0 Å². The molecule has 1 saturated heterocycles. The van der Waals surface area contributed by atoms with Crippen LogP contribution in [-0.4, -0.2) is 40.8 Å². The zero-order valence-electron chi connectivity index (χ0n) is 16.0. The van der Waals surface area contributed by atoms with E-state index in [1.807, 2.05) is 36.4 Å². The van der Waals surface area contributed by atoms with E-state index in [9.17, 15) is 4.79 Å². The van der Waals surface area contributed by atoms with Crippen LogP contribution in [0.4, 0.5) is 11.6 Å². The molecule has 144 valence electrons. The summed E-state index contributed by atoms with van der Waals surface area (Å²) >= 11 is 0. The van der Waals surface area contributed by atoms with Gasteiger partial charge in [-0.3, -0.25) is 14.3 Å². The molecule has 0 amide bonds. The fraction of sp³-hybridized carbons (Fsp3) is 0.286. The Morgan fingerprint density at radius 2 is 2.00 bits per heavy atom. The Morgan fingerprint density at radius 1 is 1.18 bits per heavy atom. The van der Waals surface area contributed by atoms with Crippen molar-refractivity contribution in [2.45, 2.75) is 12.5 Å². The van der Waals surface area contributed by atoms with Gasteiger partial charge >= 0.3 is 0 Å². The standard InChI is InChI=1S/C21H23N5O2/c1-25-20(27)13-19(15-6-9-22-10-7-15)24-21(25)26-11-8-17(14-26)23-16-4-3-5-18(12-16)28-2/h3-7,9-10,12-13,17,23H,8,11,14H2,1-2H3/t17-/m0/s1. The van der Waals surface area contributed by atoms with Gasteiger partial charge in [-0.1, -0.05) is 6.07 Å². The van der Waals surface area contributed by atoms with Crippen molar-refractivity contribution in [3.63, 3.8) is 0 Å². The number of pyridine rings is 1. The zero-order chi connectivity index (χ0) is 19.5. The van der Waals surface area contributed by atoms with Crippen molar-refractivity contribution in [1.82, 2.24) is 14.5 Å². The number of aromatic nitrogens is 3. The lowest BCUT2D eigenvalue weighted by Gasteiger charge is -2.21. The Morgan fingerprint density at radius 3 is 2.79 bits per heavy atom. The third kappa shape index (κ3) is 3.69. The van der Waals surface area contributed by atoms with Crippen molar-refractivity contribution in [2.24, 2.45) is 7.05 Å². The second-order valence-electron chi connectivity index (χ2n) is 6.88. The molecule has 1 aromatic carbocycles. The maximum absolute atomic E-state index is 12.5. The lowest BCUT2D eigenvalue weighted by atomic mass is 10.2. The molecule has 1 atom stereocenters. The van der Waals surface area contributed by atoms with Gasteiger partial charge in [-0.2, -0.15) is 0 Å². The minimum absolute atomic E-state index is 0.0685. The van der Waals surface area contributed by atoms with Gasteiger partial charge in [0.05, 0.1) is 12.8 Å². The monoisotopic (exact) mass is 377 g/mol. The van der Waals surface area contributed by atoms with Gasteiger partial charge in [-0.25, -0.2) is 4.98 Å². The fourth-order valence-corrected chi connectivity index (χ4v) is 3.49. The molecule has 7 nitrogen and oxygen atoms in total. The van der Waals surface area contributed by atoms with E-state index in [4.69, 9.17) is 9.72 Å². The van der Waals surface area contributed by atoms with E-state index < -0.39 is 0 Å². The fourth-order valence-electron chi connectivity index (χ4n) is 3.49. The van der Waals surface area contributed by atoms with Crippen LogP contribution in [0, 0.1) is 0 Å². The maximum atomic E-state index is 12.5. The Hall–Kier alpha value is -3.35. The zero-order valence-corrected chi connectivity index (χ0v) is 16.0. The number of nitrogens with zero attached hydrogens (tertiary/aromatic N) is 4. The molecule has 3 aromatic rings. The van der Waals surface area contributed by atoms with Crippen LogP contribution in [0.1, 0.15) is 6.42 Å². The van der Waals surface area contributed by atoms with Crippen LogP contribution in [0.25, 0.3) is 11.3 Å². The van der Waals surface area contributed by atoms with Crippen LogP contribution >= 0.6 is 0 Å². The van der Waals surface area contributed by atoms with Gasteiger partial charge < -0.3 is 15.0 Å². The summed E-state index contributed by atoms with van der Waals surface area (Å²) in [4.78, 5) is 23.4. The summed E-state index contributed by atoms with van der Waals surface area (Å²) in [5, 5.41) is 3.55. The highest BCUT2D eigenvalue weighted by molar-refractivity contribution is 5.59. The lowest BCUT2D eigenvalue weighted by molar-refractivity contribution is 0.415. The van der Waals surface area contributed by atoms with Gasteiger partial charge in [0.1, 0.15) is 5.75 Å². The summed E-state index contributed by atoms with van der Waals surface area (Å²) in [5.41, 5.74) is 2.52. The molecule has 1 fully saturated rings. The molecule has 28 heavy (non-hydrogen) atoms. The number of rotatable bonds is 5. The predicted molar refractivity (Wildman–Crippen MR) is 110 cm³/mol. The van der Waals surface area contributed by atoms with E-state index >= 15 is 0 Å². The SMILES string of the molecule is COc1cccc(N[C@H]2CCN(c3nc(-c4ccncc4)cc(=O)n3C)C2)c1. The second-order valence-corrected chi connectivity index (χ2v) is 6.88. The van der Waals surface area contributed by atoms with Crippen molar-refractivity contribution in [3.8, 4) is 17.0 Å². The van der Waals surface area contributed by atoms with Crippen LogP contribution < -0.4 is 20.5 Å². The molecule has 1 aliphatic rings. The molecule has 3 heterocycles. The number of anilines is 2. The van der Waals surface area contributed by atoms with Crippen LogP contribution in [0.2, 0.25) is 0 Å². The molecule has 7 heteroatoms. The van der Waals surface area contributed by atoms with Gasteiger partial charge in [-0.15, -0.1) is 0 Å². The van der Waals surface area contributed by atoms with E-state index in [2.05, 4.69) is 15.2 Å². The van der Waals surface area contributed by atoms with E-state index in [1.54, 1.807) is 37.2 Å². The molecule has 0 saturated carbocycles. The van der Waals surface area contributed by atoms with E-state index in [1.165, 1.54) is 0 Å². The van der Waals surface area contributed by atoms with Gasteiger partial charge in [0.25, 0.3) is 5.56 Å². The Bertz CT molecular complexity index is 1020. The molecule has 0 bridgehead atoms. The molecular formula is C21H23N5O2. The first-order valence-electron chi connectivity index (χ1n) is 9.28. The first-order chi connectivity index (χ1) is 13.6. The normalized spacial score (nSPS) is 16.2. The van der Waals surface area contributed by atoms with E-state index in [0.29, 0.717) is 11.6 Å².